The second kappa shape index (κ2) is 8.13. The Morgan fingerprint density at radius 3 is 2.48 bits per heavy atom. The van der Waals surface area contributed by atoms with Crippen molar-refractivity contribution in [2.45, 2.75) is 36.0 Å². The number of anilines is 1. The van der Waals surface area contributed by atoms with E-state index in [0.717, 1.165) is 4.31 Å². The molecule has 2 atom stereocenters. The third kappa shape index (κ3) is 4.14. The average molecular weight is 439 g/mol. The van der Waals surface area contributed by atoms with Gasteiger partial charge in [0.25, 0.3) is 0 Å². The Labute approximate surface area is 170 Å². The number of hydrogen-bond acceptors (Lipinski definition) is 6. The number of phenolic OH excluding ortho intramolecular Hbond substituents is 1. The van der Waals surface area contributed by atoms with Crippen molar-refractivity contribution in [2.75, 3.05) is 10.8 Å². The van der Waals surface area contributed by atoms with Crippen molar-refractivity contribution in [1.82, 2.24) is 4.72 Å². The molecule has 156 valence electrons. The molecule has 1 aliphatic heterocycles. The summed E-state index contributed by atoms with van der Waals surface area (Å²) in [6.45, 7) is 1.71. The number of nitrogens with one attached hydrogen (secondary N) is 1. The number of rotatable bonds is 7. The molecule has 2 N–H and O–H groups in total. The minimum atomic E-state index is -3.96. The number of aldehydes is 1. The van der Waals surface area contributed by atoms with E-state index in [1.54, 1.807) is 18.2 Å². The first-order valence-electron chi connectivity index (χ1n) is 9.08. The smallest absolute Gasteiger partial charge is 0.302 e. The van der Waals surface area contributed by atoms with Crippen molar-refractivity contribution in [2.24, 2.45) is 0 Å². The van der Waals surface area contributed by atoms with Gasteiger partial charge in [-0.25, -0.2) is 8.42 Å². The van der Waals surface area contributed by atoms with E-state index >= 15 is 0 Å². The van der Waals surface area contributed by atoms with E-state index in [1.165, 1.54) is 30.3 Å². The highest BCUT2D eigenvalue weighted by molar-refractivity contribution is 7.91. The molecule has 8 nitrogen and oxygen atoms in total. The van der Waals surface area contributed by atoms with Gasteiger partial charge in [-0.15, -0.1) is 0 Å². The van der Waals surface area contributed by atoms with Crippen molar-refractivity contribution < 1.29 is 26.7 Å². The van der Waals surface area contributed by atoms with Crippen LogP contribution < -0.4 is 9.03 Å². The minimum absolute atomic E-state index is 0.0158. The van der Waals surface area contributed by atoms with Crippen LogP contribution in [0.25, 0.3) is 0 Å². The van der Waals surface area contributed by atoms with E-state index in [2.05, 4.69) is 4.72 Å². The summed E-state index contributed by atoms with van der Waals surface area (Å²) in [7, 11) is -7.67. The van der Waals surface area contributed by atoms with Crippen LogP contribution in [0, 0.1) is 0 Å². The number of carbonyl (C=O) groups excluding carboxylic acids is 1. The third-order valence-electron chi connectivity index (χ3n) is 4.75. The van der Waals surface area contributed by atoms with Crippen LogP contribution in [0.1, 0.15) is 30.6 Å². The van der Waals surface area contributed by atoms with Crippen molar-refractivity contribution in [3.63, 3.8) is 0 Å². The lowest BCUT2D eigenvalue weighted by atomic mass is 10.1. The number of sulfone groups is 1. The average Bonchev–Trinajstić information content (AvgIpc) is 3.01. The maximum Gasteiger partial charge on any atom is 0.302 e. The van der Waals surface area contributed by atoms with E-state index in [1.807, 2.05) is 6.92 Å². The third-order valence-corrected chi connectivity index (χ3v) is 8.47. The molecule has 1 fully saturated rings. The highest BCUT2D eigenvalue weighted by atomic mass is 32.2. The van der Waals surface area contributed by atoms with Crippen LogP contribution in [-0.4, -0.2) is 40.8 Å². The fourth-order valence-electron chi connectivity index (χ4n) is 3.36. The highest BCUT2D eigenvalue weighted by Gasteiger charge is 2.37. The molecule has 0 spiro atoms. The summed E-state index contributed by atoms with van der Waals surface area (Å²) in [6, 6.07) is 11.3. The van der Waals surface area contributed by atoms with Gasteiger partial charge in [-0.3, -0.25) is 4.31 Å². The maximum absolute atomic E-state index is 13.1. The van der Waals surface area contributed by atoms with Crippen LogP contribution in [0.2, 0.25) is 0 Å². The number of benzene rings is 2. The molecule has 2 aromatic carbocycles. The van der Waals surface area contributed by atoms with Crippen molar-refractivity contribution in [1.29, 1.82) is 0 Å². The molecule has 0 saturated carbocycles. The largest absolute Gasteiger partial charge is 0.506 e. The Bertz CT molecular complexity index is 1100. The Hall–Kier alpha value is -2.43. The zero-order chi connectivity index (χ0) is 21.2. The van der Waals surface area contributed by atoms with Gasteiger partial charge in [0.1, 0.15) is 12.0 Å². The van der Waals surface area contributed by atoms with Gasteiger partial charge in [0, 0.05) is 0 Å². The summed E-state index contributed by atoms with van der Waals surface area (Å²) in [6.07, 6.45) is 1.42. The summed E-state index contributed by atoms with van der Waals surface area (Å²) in [5.41, 5.74) is 0.353. The standard InChI is InChI=1S/C19H22N2O6S2/c1-2-6-19(28(24,25)16-7-4-3-5-8-16)14-9-10-17(18(23)11-14)21-12-15(13-22)20-29(21,26)27/h3-5,7-11,13,15,19-20,23H,2,6,12H2,1H3. The number of aromatic hydroxyl groups is 1. The molecule has 2 unspecified atom stereocenters. The molecule has 1 heterocycles. The summed E-state index contributed by atoms with van der Waals surface area (Å²) in [5.74, 6) is -0.371. The first-order valence-corrected chi connectivity index (χ1v) is 12.1. The fraction of sp³-hybridized carbons (Fsp3) is 0.316. The molecule has 0 aliphatic carbocycles. The molecule has 29 heavy (non-hydrogen) atoms. The van der Waals surface area contributed by atoms with Crippen LogP contribution in [0.15, 0.2) is 53.4 Å². The molecular formula is C19H22N2O6S2. The quantitative estimate of drug-likeness (QED) is 0.637. The predicted molar refractivity (Wildman–Crippen MR) is 109 cm³/mol. The van der Waals surface area contributed by atoms with Gasteiger partial charge in [-0.1, -0.05) is 37.6 Å². The molecule has 2 aromatic rings. The van der Waals surface area contributed by atoms with Crippen molar-refractivity contribution in [3.8, 4) is 5.75 Å². The van der Waals surface area contributed by atoms with E-state index in [9.17, 15) is 26.7 Å². The lowest BCUT2D eigenvalue weighted by Crippen LogP contribution is -2.30. The van der Waals surface area contributed by atoms with Gasteiger partial charge in [0.2, 0.25) is 0 Å². The first kappa shape index (κ1) is 21.3. The Morgan fingerprint density at radius 1 is 1.24 bits per heavy atom. The van der Waals surface area contributed by atoms with Gasteiger partial charge in [-0.2, -0.15) is 13.1 Å². The van der Waals surface area contributed by atoms with E-state index < -0.39 is 31.3 Å². The van der Waals surface area contributed by atoms with E-state index in [-0.39, 0.29) is 22.9 Å². The van der Waals surface area contributed by atoms with Gasteiger partial charge < -0.3 is 9.90 Å². The zero-order valence-corrected chi connectivity index (χ0v) is 17.4. The summed E-state index contributed by atoms with van der Waals surface area (Å²) >= 11 is 0. The molecule has 1 aliphatic rings. The van der Waals surface area contributed by atoms with Crippen LogP contribution in [-0.2, 0) is 24.8 Å². The molecule has 0 bridgehead atoms. The number of phenols is 1. The maximum atomic E-state index is 13.1. The molecule has 0 amide bonds. The fourth-order valence-corrected chi connectivity index (χ4v) is 6.68. The second-order valence-electron chi connectivity index (χ2n) is 6.78. The van der Waals surface area contributed by atoms with E-state index in [4.69, 9.17) is 0 Å². The summed E-state index contributed by atoms with van der Waals surface area (Å²) in [5, 5.41) is 9.60. The summed E-state index contributed by atoms with van der Waals surface area (Å²) in [4.78, 5) is 11.1. The van der Waals surface area contributed by atoms with Crippen LogP contribution >= 0.6 is 0 Å². The van der Waals surface area contributed by atoms with E-state index in [0.29, 0.717) is 24.7 Å². The molecule has 0 aromatic heterocycles. The lowest BCUT2D eigenvalue weighted by molar-refractivity contribution is -0.108. The molecule has 3 rings (SSSR count). The lowest BCUT2D eigenvalue weighted by Gasteiger charge is -2.21. The summed E-state index contributed by atoms with van der Waals surface area (Å²) < 4.78 is 53.7. The highest BCUT2D eigenvalue weighted by Crippen LogP contribution is 2.38. The molecular weight excluding hydrogens is 416 g/mol. The van der Waals surface area contributed by atoms with Crippen LogP contribution in [0.3, 0.4) is 0 Å². The van der Waals surface area contributed by atoms with Gasteiger partial charge >= 0.3 is 10.2 Å². The van der Waals surface area contributed by atoms with Gasteiger partial charge in [0.05, 0.1) is 28.4 Å². The zero-order valence-electron chi connectivity index (χ0n) is 15.7. The normalized spacial score (nSPS) is 19.8. The monoisotopic (exact) mass is 438 g/mol. The first-order chi connectivity index (χ1) is 13.7. The van der Waals surface area contributed by atoms with Crippen molar-refractivity contribution >= 4 is 32.0 Å². The van der Waals surface area contributed by atoms with Gasteiger partial charge in [0.15, 0.2) is 9.84 Å². The van der Waals surface area contributed by atoms with Crippen molar-refractivity contribution in [3.05, 3.63) is 54.1 Å². The molecule has 0 radical (unpaired) electrons. The number of hydrogen-bond donors (Lipinski definition) is 2. The minimum Gasteiger partial charge on any atom is -0.506 e. The molecule has 1 saturated heterocycles. The molecule has 10 heteroatoms. The predicted octanol–water partition coefficient (Wildman–Crippen LogP) is 1.93. The van der Waals surface area contributed by atoms with Gasteiger partial charge in [-0.05, 0) is 36.2 Å². The number of nitrogens with zero attached hydrogens (tertiary/aromatic N) is 1. The SMILES string of the molecule is CCCC(c1ccc(N2CC(C=O)NS2(=O)=O)c(O)c1)S(=O)(=O)c1ccccc1. The van der Waals surface area contributed by atoms with Crippen LogP contribution in [0.5, 0.6) is 5.75 Å². The van der Waals surface area contributed by atoms with Crippen LogP contribution in [0.4, 0.5) is 5.69 Å². The Morgan fingerprint density at radius 2 is 1.93 bits per heavy atom. The topological polar surface area (TPSA) is 121 Å². The Balaban J connectivity index is 2.00. The number of carbonyl (C=O) groups is 1. The Kier molecular flexibility index (Phi) is 5.97. The second-order valence-corrected chi connectivity index (χ2v) is 10.5.